The lowest BCUT2D eigenvalue weighted by atomic mass is 10.2. The fourth-order valence-electron chi connectivity index (χ4n) is 1.88. The fourth-order valence-corrected chi connectivity index (χ4v) is 1.88. The number of hydrogen-bond acceptors (Lipinski definition) is 7. The number of anilines is 1. The molecule has 0 aliphatic carbocycles. The van der Waals surface area contributed by atoms with Gasteiger partial charge < -0.3 is 14.9 Å². The number of carboxylic acid groups (broad SMARTS) is 1. The molecule has 106 valence electrons. The van der Waals surface area contributed by atoms with Gasteiger partial charge in [-0.25, -0.2) is 14.8 Å². The number of benzene rings is 1. The van der Waals surface area contributed by atoms with Crippen LogP contribution in [-0.4, -0.2) is 31.2 Å². The number of nitrogens with zero attached hydrogens (tertiary/aromatic N) is 4. The van der Waals surface area contributed by atoms with Gasteiger partial charge in [-0.2, -0.15) is 4.98 Å². The first kappa shape index (κ1) is 13.0. The van der Waals surface area contributed by atoms with E-state index in [4.69, 9.17) is 9.63 Å². The number of rotatable bonds is 4. The first-order valence-electron chi connectivity index (χ1n) is 6.16. The predicted molar refractivity (Wildman–Crippen MR) is 72.9 cm³/mol. The van der Waals surface area contributed by atoms with Crippen molar-refractivity contribution in [2.24, 2.45) is 0 Å². The Morgan fingerprint density at radius 2 is 2.10 bits per heavy atom. The summed E-state index contributed by atoms with van der Waals surface area (Å²) in [4.78, 5) is 23.2. The van der Waals surface area contributed by atoms with Crippen molar-refractivity contribution in [3.63, 3.8) is 0 Å². The standard InChI is InChI=1S/C13H11N5O3/c1-7-15-10(18-21-7)6-14-11-8-4-2-3-5-9(8)16-12(17-11)13(19)20/h2-5H,6H2,1H3,(H,19,20)(H,14,16,17). The van der Waals surface area contributed by atoms with Crippen molar-refractivity contribution >= 4 is 22.7 Å². The minimum absolute atomic E-state index is 0.263. The number of carbonyl (C=O) groups is 1. The summed E-state index contributed by atoms with van der Waals surface area (Å²) in [5.41, 5.74) is 0.552. The van der Waals surface area contributed by atoms with Crippen LogP contribution in [0.25, 0.3) is 10.9 Å². The molecule has 0 aliphatic rings. The molecule has 2 N–H and O–H groups in total. The van der Waals surface area contributed by atoms with Crippen LogP contribution in [0.5, 0.6) is 0 Å². The second-order valence-corrected chi connectivity index (χ2v) is 4.30. The van der Waals surface area contributed by atoms with Crippen LogP contribution in [0.1, 0.15) is 22.3 Å². The Morgan fingerprint density at radius 3 is 2.81 bits per heavy atom. The Hall–Kier alpha value is -3.03. The van der Waals surface area contributed by atoms with E-state index >= 15 is 0 Å². The molecule has 0 saturated heterocycles. The molecule has 0 bridgehead atoms. The summed E-state index contributed by atoms with van der Waals surface area (Å²) in [6, 6.07) is 7.15. The minimum atomic E-state index is -1.18. The minimum Gasteiger partial charge on any atom is -0.475 e. The maximum Gasteiger partial charge on any atom is 0.374 e. The smallest absolute Gasteiger partial charge is 0.374 e. The Balaban J connectivity index is 1.97. The van der Waals surface area contributed by atoms with Gasteiger partial charge in [-0.1, -0.05) is 17.3 Å². The average Bonchev–Trinajstić information content (AvgIpc) is 2.90. The van der Waals surface area contributed by atoms with Gasteiger partial charge in [-0.3, -0.25) is 0 Å². The second-order valence-electron chi connectivity index (χ2n) is 4.30. The highest BCUT2D eigenvalue weighted by molar-refractivity contribution is 5.93. The molecule has 0 fully saturated rings. The highest BCUT2D eigenvalue weighted by Gasteiger charge is 2.13. The first-order valence-corrected chi connectivity index (χ1v) is 6.16. The molecule has 2 heterocycles. The highest BCUT2D eigenvalue weighted by Crippen LogP contribution is 2.20. The van der Waals surface area contributed by atoms with Crippen molar-refractivity contribution in [3.8, 4) is 0 Å². The summed E-state index contributed by atoms with van der Waals surface area (Å²) in [5.74, 6) is -0.0993. The number of para-hydroxylation sites is 1. The number of aromatic carboxylic acids is 1. The zero-order valence-corrected chi connectivity index (χ0v) is 11.1. The van der Waals surface area contributed by atoms with Crippen molar-refractivity contribution in [2.45, 2.75) is 13.5 Å². The number of nitrogens with one attached hydrogen (secondary N) is 1. The maximum atomic E-state index is 11.1. The number of carboxylic acids is 1. The number of hydrogen-bond donors (Lipinski definition) is 2. The molecule has 3 rings (SSSR count). The molecule has 0 radical (unpaired) electrons. The van der Waals surface area contributed by atoms with E-state index in [0.717, 1.165) is 5.39 Å². The van der Waals surface area contributed by atoms with Crippen molar-refractivity contribution in [2.75, 3.05) is 5.32 Å². The van der Waals surface area contributed by atoms with Gasteiger partial charge in [-0.05, 0) is 12.1 Å². The Bertz CT molecular complexity index is 814. The van der Waals surface area contributed by atoms with E-state index < -0.39 is 5.97 Å². The molecule has 0 atom stereocenters. The molecule has 0 spiro atoms. The van der Waals surface area contributed by atoms with Crippen molar-refractivity contribution in [3.05, 3.63) is 41.8 Å². The van der Waals surface area contributed by atoms with E-state index in [1.807, 2.05) is 12.1 Å². The van der Waals surface area contributed by atoms with E-state index in [9.17, 15) is 4.79 Å². The summed E-state index contributed by atoms with van der Waals surface area (Å²) in [5, 5.41) is 16.6. The topological polar surface area (TPSA) is 114 Å². The van der Waals surface area contributed by atoms with Gasteiger partial charge >= 0.3 is 5.97 Å². The number of fused-ring (bicyclic) bond motifs is 1. The van der Waals surface area contributed by atoms with E-state index in [1.165, 1.54) is 0 Å². The van der Waals surface area contributed by atoms with Gasteiger partial charge in [0.15, 0.2) is 5.82 Å². The van der Waals surface area contributed by atoms with Crippen LogP contribution in [0.4, 0.5) is 5.82 Å². The molecule has 0 saturated carbocycles. The number of aromatic nitrogens is 4. The lowest BCUT2D eigenvalue weighted by molar-refractivity contribution is 0.0684. The van der Waals surface area contributed by atoms with Crippen molar-refractivity contribution in [1.29, 1.82) is 0 Å². The van der Waals surface area contributed by atoms with Gasteiger partial charge in [-0.15, -0.1) is 0 Å². The summed E-state index contributed by atoms with van der Waals surface area (Å²) >= 11 is 0. The monoisotopic (exact) mass is 285 g/mol. The molecule has 0 unspecified atom stereocenters. The quantitative estimate of drug-likeness (QED) is 0.743. The molecule has 0 amide bonds. The van der Waals surface area contributed by atoms with Crippen LogP contribution in [0, 0.1) is 6.92 Å². The number of aryl methyl sites for hydroxylation is 1. The van der Waals surface area contributed by atoms with Crippen molar-refractivity contribution in [1.82, 2.24) is 20.1 Å². The molecular weight excluding hydrogens is 274 g/mol. The molecule has 3 aromatic rings. The normalized spacial score (nSPS) is 10.7. The second kappa shape index (κ2) is 5.16. The first-order chi connectivity index (χ1) is 10.1. The molecule has 21 heavy (non-hydrogen) atoms. The summed E-state index contributed by atoms with van der Waals surface area (Å²) in [6.07, 6.45) is 0. The third kappa shape index (κ3) is 2.64. The van der Waals surface area contributed by atoms with Gasteiger partial charge in [0.25, 0.3) is 0 Å². The lowest BCUT2D eigenvalue weighted by Crippen LogP contribution is -2.10. The Kier molecular flexibility index (Phi) is 3.19. The lowest BCUT2D eigenvalue weighted by Gasteiger charge is -2.07. The van der Waals surface area contributed by atoms with E-state index in [0.29, 0.717) is 23.0 Å². The SMILES string of the molecule is Cc1nc(CNc2nc(C(=O)O)nc3ccccc23)no1. The Morgan fingerprint density at radius 1 is 1.29 bits per heavy atom. The van der Waals surface area contributed by atoms with E-state index in [-0.39, 0.29) is 12.4 Å². The zero-order chi connectivity index (χ0) is 14.8. The summed E-state index contributed by atoms with van der Waals surface area (Å²) < 4.78 is 4.87. The average molecular weight is 285 g/mol. The van der Waals surface area contributed by atoms with Gasteiger partial charge in [0.2, 0.25) is 11.7 Å². The maximum absolute atomic E-state index is 11.1. The summed E-state index contributed by atoms with van der Waals surface area (Å²) in [7, 11) is 0. The van der Waals surface area contributed by atoms with Crippen molar-refractivity contribution < 1.29 is 14.4 Å². The molecule has 2 aromatic heterocycles. The predicted octanol–water partition coefficient (Wildman–Crippen LogP) is 1.63. The zero-order valence-electron chi connectivity index (χ0n) is 11.1. The molecule has 0 aliphatic heterocycles. The molecular formula is C13H11N5O3. The molecule has 8 nitrogen and oxygen atoms in total. The fraction of sp³-hybridized carbons (Fsp3) is 0.154. The van der Waals surface area contributed by atoms with Gasteiger partial charge in [0.05, 0.1) is 12.1 Å². The third-order valence-corrected chi connectivity index (χ3v) is 2.78. The van der Waals surface area contributed by atoms with Crippen LogP contribution >= 0.6 is 0 Å². The van der Waals surface area contributed by atoms with Gasteiger partial charge in [0, 0.05) is 12.3 Å². The third-order valence-electron chi connectivity index (χ3n) is 2.78. The van der Waals surface area contributed by atoms with E-state index in [2.05, 4.69) is 25.4 Å². The van der Waals surface area contributed by atoms with Crippen LogP contribution in [0.2, 0.25) is 0 Å². The molecule has 8 heteroatoms. The highest BCUT2D eigenvalue weighted by atomic mass is 16.5. The van der Waals surface area contributed by atoms with Gasteiger partial charge in [0.1, 0.15) is 5.82 Å². The molecule has 1 aromatic carbocycles. The van der Waals surface area contributed by atoms with Crippen LogP contribution < -0.4 is 5.32 Å². The largest absolute Gasteiger partial charge is 0.475 e. The van der Waals surface area contributed by atoms with Crippen LogP contribution in [0.15, 0.2) is 28.8 Å². The Labute approximate surface area is 118 Å². The van der Waals surface area contributed by atoms with E-state index in [1.54, 1.807) is 19.1 Å². The summed E-state index contributed by atoms with van der Waals surface area (Å²) in [6.45, 7) is 1.97. The van der Waals surface area contributed by atoms with Crippen LogP contribution in [-0.2, 0) is 6.54 Å². The van der Waals surface area contributed by atoms with Crippen LogP contribution in [0.3, 0.4) is 0 Å².